The third-order valence-corrected chi connectivity index (χ3v) is 8.54. The van der Waals surface area contributed by atoms with E-state index in [0.717, 1.165) is 62.2 Å². The zero-order valence-corrected chi connectivity index (χ0v) is 24.9. The normalized spacial score (nSPS) is 13.0. The fraction of sp³-hybridized carbons (Fsp3) is 0.0256. The van der Waals surface area contributed by atoms with Crippen molar-refractivity contribution in [2.75, 3.05) is 21.4 Å². The number of hydrogen-bond donors (Lipinski definition) is 0. The van der Waals surface area contributed by atoms with Gasteiger partial charge in [-0.15, -0.1) is 0 Å². The number of aromatic nitrogens is 4. The molecule has 0 fully saturated rings. The van der Waals surface area contributed by atoms with Crippen LogP contribution in [0.1, 0.15) is 0 Å². The summed E-state index contributed by atoms with van der Waals surface area (Å²) in [7, 11) is 0. The van der Waals surface area contributed by atoms with Gasteiger partial charge in [0.25, 0.3) is 0 Å². The molecule has 0 amide bonds. The molecular formula is C39H29N7. The van der Waals surface area contributed by atoms with Gasteiger partial charge in [0, 0.05) is 29.5 Å². The van der Waals surface area contributed by atoms with E-state index in [0.29, 0.717) is 6.67 Å². The largest absolute Gasteiger partial charge is 0.328 e. The monoisotopic (exact) mass is 595 g/mol. The Morgan fingerprint density at radius 1 is 0.500 bits per heavy atom. The van der Waals surface area contributed by atoms with Crippen LogP contribution in [0.4, 0.5) is 28.7 Å². The lowest BCUT2D eigenvalue weighted by atomic mass is 10.2. The molecular weight excluding hydrogens is 566 g/mol. The molecule has 0 bridgehead atoms. The van der Waals surface area contributed by atoms with E-state index in [2.05, 4.69) is 170 Å². The maximum absolute atomic E-state index is 5.37. The molecule has 1 aliphatic heterocycles. The summed E-state index contributed by atoms with van der Waals surface area (Å²) in [6, 6.07) is 52.4. The Balaban J connectivity index is 1.21. The van der Waals surface area contributed by atoms with Gasteiger partial charge in [0.05, 0.1) is 22.2 Å². The quantitative estimate of drug-likeness (QED) is 0.192. The smallest absolute Gasteiger partial charge is 0.220 e. The molecule has 1 aliphatic rings. The molecule has 0 aliphatic carbocycles. The second-order valence-corrected chi connectivity index (χ2v) is 11.3. The minimum atomic E-state index is 0.684. The van der Waals surface area contributed by atoms with Crippen LogP contribution in [0.5, 0.6) is 0 Å². The fourth-order valence-electron chi connectivity index (χ4n) is 6.45. The first-order chi connectivity index (χ1) is 22.8. The van der Waals surface area contributed by atoms with E-state index < -0.39 is 0 Å². The van der Waals surface area contributed by atoms with Gasteiger partial charge in [-0.1, -0.05) is 78.9 Å². The van der Waals surface area contributed by atoms with Crippen molar-refractivity contribution >= 4 is 56.5 Å². The summed E-state index contributed by atoms with van der Waals surface area (Å²) in [6.45, 7) is 0.684. The number of para-hydroxylation sites is 6. The van der Waals surface area contributed by atoms with Gasteiger partial charge in [-0.3, -0.25) is 13.9 Å². The summed E-state index contributed by atoms with van der Waals surface area (Å²) in [5, 5.41) is 0. The second-order valence-electron chi connectivity index (χ2n) is 11.3. The van der Waals surface area contributed by atoms with E-state index in [1.54, 1.807) is 0 Å². The lowest BCUT2D eigenvalue weighted by Crippen LogP contribution is -2.25. The van der Waals surface area contributed by atoms with Crippen molar-refractivity contribution in [3.8, 4) is 5.69 Å². The molecule has 8 aromatic rings. The van der Waals surface area contributed by atoms with E-state index >= 15 is 0 Å². The number of nitrogens with zero attached hydrogens (tertiary/aromatic N) is 7. The third kappa shape index (κ3) is 4.21. The predicted molar refractivity (Wildman–Crippen MR) is 187 cm³/mol. The Kier molecular flexibility index (Phi) is 6.06. The molecule has 0 saturated heterocycles. The molecule has 5 aromatic carbocycles. The summed E-state index contributed by atoms with van der Waals surface area (Å²) in [5.41, 5.74) is 8.35. The topological polar surface area (TPSA) is 44.8 Å². The number of benzene rings is 5. The Hall–Kier alpha value is -6.34. The molecule has 4 heterocycles. The van der Waals surface area contributed by atoms with Crippen LogP contribution >= 0.6 is 0 Å². The molecule has 46 heavy (non-hydrogen) atoms. The highest BCUT2D eigenvalue weighted by Crippen LogP contribution is 2.40. The fourth-order valence-corrected chi connectivity index (χ4v) is 6.45. The van der Waals surface area contributed by atoms with Crippen LogP contribution in [0, 0.1) is 0 Å². The van der Waals surface area contributed by atoms with E-state index in [-0.39, 0.29) is 0 Å². The summed E-state index contributed by atoms with van der Waals surface area (Å²) < 4.78 is 4.50. The average Bonchev–Trinajstić information content (AvgIpc) is 3.84. The maximum atomic E-state index is 5.37. The van der Waals surface area contributed by atoms with E-state index in [9.17, 15) is 0 Å². The maximum Gasteiger partial charge on any atom is 0.220 e. The molecule has 0 atom stereocenters. The number of hydrogen-bond acceptors (Lipinski definition) is 5. The third-order valence-electron chi connectivity index (χ3n) is 8.54. The first-order valence-corrected chi connectivity index (χ1v) is 15.4. The van der Waals surface area contributed by atoms with Crippen molar-refractivity contribution in [1.82, 2.24) is 18.9 Å². The van der Waals surface area contributed by atoms with Crippen LogP contribution in [0.3, 0.4) is 0 Å². The number of pyridine rings is 1. The van der Waals surface area contributed by atoms with Crippen LogP contribution in [-0.4, -0.2) is 25.6 Å². The van der Waals surface area contributed by atoms with Gasteiger partial charge in [-0.25, -0.2) is 9.97 Å². The van der Waals surface area contributed by atoms with Crippen molar-refractivity contribution in [1.29, 1.82) is 0 Å². The van der Waals surface area contributed by atoms with Gasteiger partial charge in [0.15, 0.2) is 0 Å². The van der Waals surface area contributed by atoms with Gasteiger partial charge in [0.2, 0.25) is 5.78 Å². The van der Waals surface area contributed by atoms with Crippen LogP contribution in [0.2, 0.25) is 0 Å². The summed E-state index contributed by atoms with van der Waals surface area (Å²) in [4.78, 5) is 17.2. The SMILES string of the molecule is C1=CN(c2cccc(N(c3ccccc3)c3cccc4c3nc3n(-c5ccccc5)c5ccccc5n43)n2)CN1c1ccccc1. The minimum Gasteiger partial charge on any atom is -0.328 e. The van der Waals surface area contributed by atoms with Crippen LogP contribution in [0.15, 0.2) is 164 Å². The lowest BCUT2D eigenvalue weighted by Gasteiger charge is -2.26. The van der Waals surface area contributed by atoms with Crippen LogP contribution in [0.25, 0.3) is 33.5 Å². The Morgan fingerprint density at radius 2 is 1.13 bits per heavy atom. The summed E-state index contributed by atoms with van der Waals surface area (Å²) in [5.74, 6) is 2.56. The molecule has 7 nitrogen and oxygen atoms in total. The van der Waals surface area contributed by atoms with Crippen molar-refractivity contribution in [3.05, 3.63) is 164 Å². The zero-order chi connectivity index (χ0) is 30.5. The lowest BCUT2D eigenvalue weighted by molar-refractivity contribution is 0.951. The molecule has 0 radical (unpaired) electrons. The first-order valence-electron chi connectivity index (χ1n) is 15.4. The second kappa shape index (κ2) is 10.7. The van der Waals surface area contributed by atoms with E-state index in [1.165, 1.54) is 0 Å². The standard InChI is InChI=1S/C39H29N7/c1-4-14-29(15-5-1)42-26-27-43(28-42)36-24-13-25-37(40-36)44(30-16-6-2-7-17-30)34-22-12-23-35-38(34)41-39-45(31-18-8-3-9-19-31)32-20-10-11-21-33(32)46(35)39/h1-27H,28H2. The molecule has 9 rings (SSSR count). The van der Waals surface area contributed by atoms with E-state index in [4.69, 9.17) is 9.97 Å². The highest BCUT2D eigenvalue weighted by Gasteiger charge is 2.24. The van der Waals surface area contributed by atoms with Gasteiger partial charge in [-0.2, -0.15) is 0 Å². The van der Waals surface area contributed by atoms with Gasteiger partial charge in [-0.05, 0) is 72.8 Å². The van der Waals surface area contributed by atoms with Crippen molar-refractivity contribution < 1.29 is 0 Å². The van der Waals surface area contributed by atoms with Crippen molar-refractivity contribution in [3.63, 3.8) is 0 Å². The van der Waals surface area contributed by atoms with Gasteiger partial charge < -0.3 is 9.80 Å². The number of fused-ring (bicyclic) bond motifs is 5. The molecule has 7 heteroatoms. The molecule has 0 N–H and O–H groups in total. The van der Waals surface area contributed by atoms with Gasteiger partial charge in [0.1, 0.15) is 23.8 Å². The van der Waals surface area contributed by atoms with Gasteiger partial charge >= 0.3 is 0 Å². The molecule has 0 spiro atoms. The van der Waals surface area contributed by atoms with Crippen molar-refractivity contribution in [2.24, 2.45) is 0 Å². The Labute approximate surface area is 266 Å². The minimum absolute atomic E-state index is 0.684. The predicted octanol–water partition coefficient (Wildman–Crippen LogP) is 9.05. The highest BCUT2D eigenvalue weighted by molar-refractivity contribution is 6.00. The Morgan fingerprint density at radius 3 is 1.91 bits per heavy atom. The molecule has 3 aromatic heterocycles. The summed E-state index contributed by atoms with van der Waals surface area (Å²) >= 11 is 0. The number of rotatable bonds is 6. The number of anilines is 5. The molecule has 0 saturated carbocycles. The highest BCUT2D eigenvalue weighted by atomic mass is 15.4. The first kappa shape index (κ1) is 26.1. The van der Waals surface area contributed by atoms with E-state index in [1.807, 2.05) is 18.2 Å². The average molecular weight is 596 g/mol. The Bertz CT molecular complexity index is 2360. The zero-order valence-electron chi connectivity index (χ0n) is 24.9. The molecule has 220 valence electrons. The van der Waals surface area contributed by atoms with Crippen LogP contribution < -0.4 is 14.7 Å². The summed E-state index contributed by atoms with van der Waals surface area (Å²) in [6.07, 6.45) is 4.19. The van der Waals surface area contributed by atoms with Crippen LogP contribution in [-0.2, 0) is 0 Å². The van der Waals surface area contributed by atoms with Crippen molar-refractivity contribution in [2.45, 2.75) is 0 Å². The molecule has 0 unspecified atom stereocenters. The number of imidazole rings is 2.